The van der Waals surface area contributed by atoms with Crippen molar-refractivity contribution in [1.29, 1.82) is 0 Å². The van der Waals surface area contributed by atoms with Crippen molar-refractivity contribution in [2.75, 3.05) is 17.6 Å². The number of hydrogen-bond acceptors (Lipinski definition) is 5. The van der Waals surface area contributed by atoms with Gasteiger partial charge in [-0.2, -0.15) is 0 Å². The number of carbonyl (C=O) groups excluding carboxylic acids is 3. The van der Waals surface area contributed by atoms with Gasteiger partial charge in [0.05, 0.1) is 5.75 Å². The third-order valence-corrected chi connectivity index (χ3v) is 5.94. The summed E-state index contributed by atoms with van der Waals surface area (Å²) in [6.07, 6.45) is 1.22. The van der Waals surface area contributed by atoms with Gasteiger partial charge in [0.2, 0.25) is 17.7 Å². The van der Waals surface area contributed by atoms with Crippen molar-refractivity contribution >= 4 is 35.2 Å². The van der Waals surface area contributed by atoms with E-state index in [0.717, 1.165) is 17.7 Å². The number of para-hydroxylation sites is 1. The molecule has 1 saturated heterocycles. The van der Waals surface area contributed by atoms with Gasteiger partial charge in [-0.3, -0.25) is 19.7 Å². The van der Waals surface area contributed by atoms with Crippen LogP contribution >= 0.6 is 11.8 Å². The lowest BCUT2D eigenvalue weighted by atomic mass is 10.1. The Bertz CT molecular complexity index is 907. The lowest BCUT2D eigenvalue weighted by Gasteiger charge is -2.30. The van der Waals surface area contributed by atoms with Gasteiger partial charge < -0.3 is 16.0 Å². The molecular weight excluding hydrogens is 412 g/mol. The normalized spacial score (nSPS) is 18.2. The van der Waals surface area contributed by atoms with Gasteiger partial charge in [-0.15, -0.1) is 11.8 Å². The molecule has 2 atom stereocenters. The summed E-state index contributed by atoms with van der Waals surface area (Å²) in [5.74, 6) is -0.180. The van der Waals surface area contributed by atoms with E-state index in [1.54, 1.807) is 0 Å². The maximum Gasteiger partial charge on any atom is 0.234 e. The van der Waals surface area contributed by atoms with E-state index in [2.05, 4.69) is 21.3 Å². The summed E-state index contributed by atoms with van der Waals surface area (Å²) in [5.41, 5.74) is 2.52. The minimum Gasteiger partial charge on any atom is -0.356 e. The minimum absolute atomic E-state index is 0.0934. The summed E-state index contributed by atoms with van der Waals surface area (Å²) in [6.45, 7) is 2.49. The largest absolute Gasteiger partial charge is 0.356 e. The first-order valence-electron chi connectivity index (χ1n) is 10.3. The first-order valence-corrected chi connectivity index (χ1v) is 11.4. The molecule has 0 aromatic heterocycles. The fraction of sp³-hybridized carbons (Fsp3) is 0.348. The van der Waals surface area contributed by atoms with Gasteiger partial charge in [-0.25, -0.2) is 0 Å². The standard InChI is InChI=1S/C23H28N4O3S/c1-16-7-5-6-10-19(16)26-22(30)15-31-23-25-18(14-21(29)27-23)13-20(28)24-12-11-17-8-3-2-4-9-17/h2-10,18,23,25H,11-15H2,1H3,(H,24,28)(H,26,30)(H,27,29). The van der Waals surface area contributed by atoms with Crippen LogP contribution in [0.3, 0.4) is 0 Å². The number of aryl methyl sites for hydroxylation is 1. The zero-order chi connectivity index (χ0) is 22.1. The summed E-state index contributed by atoms with van der Waals surface area (Å²) >= 11 is 1.29. The highest BCUT2D eigenvalue weighted by Crippen LogP contribution is 2.16. The Morgan fingerprint density at radius 3 is 2.58 bits per heavy atom. The van der Waals surface area contributed by atoms with Crippen LogP contribution in [-0.4, -0.2) is 41.6 Å². The van der Waals surface area contributed by atoms with Crippen molar-refractivity contribution < 1.29 is 14.4 Å². The fourth-order valence-electron chi connectivity index (χ4n) is 3.31. The molecule has 0 spiro atoms. The van der Waals surface area contributed by atoms with Crippen LogP contribution in [-0.2, 0) is 20.8 Å². The number of hydrogen-bond donors (Lipinski definition) is 4. The summed E-state index contributed by atoms with van der Waals surface area (Å²) < 4.78 is 0. The van der Waals surface area contributed by atoms with Gasteiger partial charge in [0.25, 0.3) is 0 Å². The molecule has 7 nitrogen and oxygen atoms in total. The van der Waals surface area contributed by atoms with E-state index < -0.39 is 5.50 Å². The lowest BCUT2D eigenvalue weighted by Crippen LogP contribution is -2.56. The molecular formula is C23H28N4O3S. The van der Waals surface area contributed by atoms with Crippen molar-refractivity contribution in [3.63, 3.8) is 0 Å². The number of rotatable bonds is 9. The first-order chi connectivity index (χ1) is 15.0. The number of thioether (sulfide) groups is 1. The van der Waals surface area contributed by atoms with Crippen molar-refractivity contribution in [2.45, 2.75) is 37.7 Å². The molecule has 4 N–H and O–H groups in total. The van der Waals surface area contributed by atoms with E-state index in [-0.39, 0.29) is 42.4 Å². The second-order valence-electron chi connectivity index (χ2n) is 7.48. The predicted molar refractivity (Wildman–Crippen MR) is 124 cm³/mol. The molecule has 2 aromatic rings. The van der Waals surface area contributed by atoms with Crippen LogP contribution < -0.4 is 21.3 Å². The average molecular weight is 441 g/mol. The predicted octanol–water partition coefficient (Wildman–Crippen LogP) is 2.18. The van der Waals surface area contributed by atoms with Gasteiger partial charge >= 0.3 is 0 Å². The van der Waals surface area contributed by atoms with Crippen molar-refractivity contribution in [2.24, 2.45) is 0 Å². The molecule has 8 heteroatoms. The second kappa shape index (κ2) is 11.5. The average Bonchev–Trinajstić information content (AvgIpc) is 2.74. The molecule has 0 saturated carbocycles. The lowest BCUT2D eigenvalue weighted by molar-refractivity contribution is -0.125. The fourth-order valence-corrected chi connectivity index (χ4v) is 4.20. The zero-order valence-electron chi connectivity index (χ0n) is 17.5. The van der Waals surface area contributed by atoms with Crippen LogP contribution in [0.4, 0.5) is 5.69 Å². The Kier molecular flexibility index (Phi) is 8.49. The molecule has 0 bridgehead atoms. The molecule has 3 rings (SSSR count). The van der Waals surface area contributed by atoms with E-state index in [0.29, 0.717) is 6.54 Å². The zero-order valence-corrected chi connectivity index (χ0v) is 18.3. The maximum absolute atomic E-state index is 12.3. The number of carbonyl (C=O) groups is 3. The van der Waals surface area contributed by atoms with Crippen molar-refractivity contribution in [3.8, 4) is 0 Å². The number of nitrogens with one attached hydrogen (secondary N) is 4. The molecule has 31 heavy (non-hydrogen) atoms. The van der Waals surface area contributed by atoms with E-state index in [4.69, 9.17) is 0 Å². The van der Waals surface area contributed by atoms with Crippen LogP contribution in [0, 0.1) is 6.92 Å². The molecule has 3 amide bonds. The third kappa shape index (κ3) is 7.73. The Balaban J connectivity index is 1.39. The number of amides is 3. The summed E-state index contributed by atoms with van der Waals surface area (Å²) in [7, 11) is 0. The highest BCUT2D eigenvalue weighted by atomic mass is 32.2. The monoisotopic (exact) mass is 440 g/mol. The van der Waals surface area contributed by atoms with Gasteiger partial charge in [0.1, 0.15) is 5.50 Å². The highest BCUT2D eigenvalue weighted by molar-refractivity contribution is 8.00. The van der Waals surface area contributed by atoms with Gasteiger partial charge in [-0.05, 0) is 30.5 Å². The molecule has 2 unspecified atom stereocenters. The molecule has 1 heterocycles. The van der Waals surface area contributed by atoms with Gasteiger partial charge in [0, 0.05) is 31.1 Å². The van der Waals surface area contributed by atoms with E-state index >= 15 is 0 Å². The first kappa shape index (κ1) is 22.8. The summed E-state index contributed by atoms with van der Waals surface area (Å²) in [6, 6.07) is 17.3. The Labute approximate surface area is 186 Å². The SMILES string of the molecule is Cc1ccccc1NC(=O)CSC1NC(=O)CC(CC(=O)NCCc2ccccc2)N1. The quantitative estimate of drug-likeness (QED) is 0.479. The Hall–Kier alpha value is -2.84. The highest BCUT2D eigenvalue weighted by Gasteiger charge is 2.28. The second-order valence-corrected chi connectivity index (χ2v) is 8.57. The van der Waals surface area contributed by atoms with Crippen LogP contribution in [0.25, 0.3) is 0 Å². The summed E-state index contributed by atoms with van der Waals surface area (Å²) in [4.78, 5) is 36.6. The van der Waals surface area contributed by atoms with Gasteiger partial charge in [-0.1, -0.05) is 48.5 Å². The van der Waals surface area contributed by atoms with Crippen LogP contribution in [0.15, 0.2) is 54.6 Å². The Morgan fingerprint density at radius 1 is 1.06 bits per heavy atom. The molecule has 0 radical (unpaired) electrons. The van der Waals surface area contributed by atoms with E-state index in [9.17, 15) is 14.4 Å². The topological polar surface area (TPSA) is 99.3 Å². The third-order valence-electron chi connectivity index (χ3n) is 4.92. The molecule has 0 aliphatic carbocycles. The van der Waals surface area contributed by atoms with Gasteiger partial charge in [0.15, 0.2) is 0 Å². The molecule has 2 aromatic carbocycles. The minimum atomic E-state index is -0.411. The van der Waals surface area contributed by atoms with Crippen LogP contribution in [0.1, 0.15) is 24.0 Å². The molecule has 1 fully saturated rings. The molecule has 1 aliphatic rings. The molecule has 1 aliphatic heterocycles. The van der Waals surface area contributed by atoms with Crippen molar-refractivity contribution in [1.82, 2.24) is 16.0 Å². The van der Waals surface area contributed by atoms with E-state index in [1.165, 1.54) is 17.3 Å². The smallest absolute Gasteiger partial charge is 0.234 e. The maximum atomic E-state index is 12.3. The molecule has 164 valence electrons. The summed E-state index contributed by atoms with van der Waals surface area (Å²) in [5, 5.41) is 11.8. The van der Waals surface area contributed by atoms with Crippen LogP contribution in [0.5, 0.6) is 0 Å². The van der Waals surface area contributed by atoms with E-state index in [1.807, 2.05) is 61.5 Å². The van der Waals surface area contributed by atoms with Crippen LogP contribution in [0.2, 0.25) is 0 Å². The Morgan fingerprint density at radius 2 is 1.81 bits per heavy atom. The van der Waals surface area contributed by atoms with Crippen molar-refractivity contribution in [3.05, 3.63) is 65.7 Å². The number of benzene rings is 2. The number of anilines is 1.